The molecule has 0 spiro atoms. The number of aryl methyl sites for hydroxylation is 1. The normalized spacial score (nSPS) is 10.3. The third-order valence-corrected chi connectivity index (χ3v) is 3.30. The molecule has 0 aliphatic carbocycles. The van der Waals surface area contributed by atoms with Crippen LogP contribution in [0.5, 0.6) is 0 Å². The average Bonchev–Trinajstić information content (AvgIpc) is 2.54. The maximum atomic E-state index is 12.4. The molecule has 0 aliphatic heterocycles. The topological polar surface area (TPSA) is 71.0 Å². The molecular weight excluding hydrogens is 278 g/mol. The van der Waals surface area contributed by atoms with Gasteiger partial charge in [0.2, 0.25) is 0 Å². The molecule has 116 valence electrons. The van der Waals surface area contributed by atoms with Crippen molar-refractivity contribution >= 4 is 11.7 Å². The molecule has 0 saturated heterocycles. The zero-order valence-corrected chi connectivity index (χ0v) is 13.2. The van der Waals surface area contributed by atoms with E-state index in [0.29, 0.717) is 37.0 Å². The summed E-state index contributed by atoms with van der Waals surface area (Å²) >= 11 is 0. The summed E-state index contributed by atoms with van der Waals surface area (Å²) in [6.07, 6.45) is 3.53. The second-order valence-corrected chi connectivity index (χ2v) is 4.88. The molecule has 1 N–H and O–H groups in total. The zero-order chi connectivity index (χ0) is 15.9. The maximum absolute atomic E-state index is 12.4. The Kier molecular flexibility index (Phi) is 5.41. The van der Waals surface area contributed by atoms with E-state index in [-0.39, 0.29) is 5.91 Å². The molecule has 6 nitrogen and oxygen atoms in total. The third kappa shape index (κ3) is 4.00. The van der Waals surface area contributed by atoms with Gasteiger partial charge in [0.25, 0.3) is 5.91 Å². The summed E-state index contributed by atoms with van der Waals surface area (Å²) < 4.78 is 0. The summed E-state index contributed by atoms with van der Waals surface area (Å²) in [6, 6.07) is 5.57. The molecule has 1 amide bonds. The first-order valence-corrected chi connectivity index (χ1v) is 7.41. The number of nitrogens with one attached hydrogen (secondary N) is 1. The molecule has 0 aromatic carbocycles. The van der Waals surface area contributed by atoms with E-state index in [1.54, 1.807) is 30.3 Å². The average molecular weight is 299 g/mol. The van der Waals surface area contributed by atoms with E-state index in [4.69, 9.17) is 0 Å². The van der Waals surface area contributed by atoms with Gasteiger partial charge >= 0.3 is 0 Å². The van der Waals surface area contributed by atoms with Gasteiger partial charge in [0, 0.05) is 38.1 Å². The van der Waals surface area contributed by atoms with Crippen LogP contribution in [0.25, 0.3) is 0 Å². The number of aromatic nitrogens is 3. The predicted octanol–water partition coefficient (Wildman–Crippen LogP) is 2.27. The van der Waals surface area contributed by atoms with E-state index < -0.39 is 0 Å². The zero-order valence-electron chi connectivity index (χ0n) is 13.2. The van der Waals surface area contributed by atoms with Gasteiger partial charge in [0.1, 0.15) is 17.3 Å². The Balaban J connectivity index is 2.14. The second kappa shape index (κ2) is 7.49. The molecule has 2 aromatic heterocycles. The number of pyridine rings is 1. The Morgan fingerprint density at radius 2 is 2.05 bits per heavy atom. The van der Waals surface area contributed by atoms with Gasteiger partial charge in [-0.25, -0.2) is 9.97 Å². The fourth-order valence-corrected chi connectivity index (χ4v) is 2.14. The number of rotatable bonds is 6. The standard InChI is InChI=1S/C16H21N5O/c1-4-21(5-2)16(22)14-9-15(20-12(3)19-14)18-11-13-7-6-8-17-10-13/h6-10H,4-5,11H2,1-3H3,(H,18,19,20). The lowest BCUT2D eigenvalue weighted by molar-refractivity contribution is 0.0766. The van der Waals surface area contributed by atoms with Gasteiger partial charge in [0.05, 0.1) is 0 Å². The minimum atomic E-state index is -0.0695. The number of carbonyl (C=O) groups is 1. The van der Waals surface area contributed by atoms with Gasteiger partial charge in [-0.3, -0.25) is 9.78 Å². The van der Waals surface area contributed by atoms with Crippen molar-refractivity contribution < 1.29 is 4.79 Å². The third-order valence-electron chi connectivity index (χ3n) is 3.30. The van der Waals surface area contributed by atoms with E-state index in [1.807, 2.05) is 26.0 Å². The molecule has 0 aliphatic rings. The minimum Gasteiger partial charge on any atom is -0.366 e. The highest BCUT2D eigenvalue weighted by Gasteiger charge is 2.15. The van der Waals surface area contributed by atoms with E-state index in [2.05, 4.69) is 20.3 Å². The highest BCUT2D eigenvalue weighted by atomic mass is 16.2. The number of amides is 1. The van der Waals surface area contributed by atoms with Gasteiger partial charge in [-0.2, -0.15) is 0 Å². The molecule has 2 heterocycles. The SMILES string of the molecule is CCN(CC)C(=O)c1cc(NCc2cccnc2)nc(C)n1. The first kappa shape index (κ1) is 15.9. The molecule has 0 saturated carbocycles. The van der Waals surface area contributed by atoms with E-state index >= 15 is 0 Å². The van der Waals surface area contributed by atoms with E-state index in [0.717, 1.165) is 5.56 Å². The van der Waals surface area contributed by atoms with E-state index in [9.17, 15) is 4.79 Å². The number of carbonyl (C=O) groups excluding carboxylic acids is 1. The predicted molar refractivity (Wildman–Crippen MR) is 85.6 cm³/mol. The van der Waals surface area contributed by atoms with Gasteiger partial charge in [0.15, 0.2) is 0 Å². The summed E-state index contributed by atoms with van der Waals surface area (Å²) in [5, 5.41) is 3.21. The first-order chi connectivity index (χ1) is 10.6. The lowest BCUT2D eigenvalue weighted by Gasteiger charge is -2.18. The molecule has 0 radical (unpaired) electrons. The highest BCUT2D eigenvalue weighted by molar-refractivity contribution is 5.92. The van der Waals surface area contributed by atoms with Crippen LogP contribution < -0.4 is 5.32 Å². The van der Waals surface area contributed by atoms with Crippen LogP contribution in [-0.2, 0) is 6.54 Å². The van der Waals surface area contributed by atoms with Gasteiger partial charge in [-0.15, -0.1) is 0 Å². The number of nitrogens with zero attached hydrogens (tertiary/aromatic N) is 4. The van der Waals surface area contributed by atoms with Crippen molar-refractivity contribution in [3.8, 4) is 0 Å². The summed E-state index contributed by atoms with van der Waals surface area (Å²) in [7, 11) is 0. The fraction of sp³-hybridized carbons (Fsp3) is 0.375. The van der Waals surface area contributed by atoms with Gasteiger partial charge in [-0.1, -0.05) is 6.07 Å². The molecule has 22 heavy (non-hydrogen) atoms. The van der Waals surface area contributed by atoms with Crippen LogP contribution in [-0.4, -0.2) is 38.8 Å². The monoisotopic (exact) mass is 299 g/mol. The van der Waals surface area contributed by atoms with Gasteiger partial charge < -0.3 is 10.2 Å². The molecule has 0 unspecified atom stereocenters. The van der Waals surface area contributed by atoms with Crippen molar-refractivity contribution in [1.82, 2.24) is 19.9 Å². The van der Waals surface area contributed by atoms with Crippen LogP contribution in [0, 0.1) is 6.92 Å². The maximum Gasteiger partial charge on any atom is 0.272 e. The van der Waals surface area contributed by atoms with E-state index in [1.165, 1.54) is 0 Å². The van der Waals surface area contributed by atoms with Crippen LogP contribution in [0.2, 0.25) is 0 Å². The smallest absolute Gasteiger partial charge is 0.272 e. The molecule has 0 fully saturated rings. The van der Waals surface area contributed by atoms with Crippen LogP contribution in [0.4, 0.5) is 5.82 Å². The Labute approximate surface area is 130 Å². The molecular formula is C16H21N5O. The lowest BCUT2D eigenvalue weighted by atomic mass is 10.3. The van der Waals surface area contributed by atoms with Crippen LogP contribution >= 0.6 is 0 Å². The lowest BCUT2D eigenvalue weighted by Crippen LogP contribution is -2.31. The van der Waals surface area contributed by atoms with Crippen LogP contribution in [0.15, 0.2) is 30.6 Å². The second-order valence-electron chi connectivity index (χ2n) is 4.88. The van der Waals surface area contributed by atoms with Crippen molar-refractivity contribution in [2.45, 2.75) is 27.3 Å². The minimum absolute atomic E-state index is 0.0695. The Bertz CT molecular complexity index is 626. The van der Waals surface area contributed by atoms with Crippen molar-refractivity contribution in [2.75, 3.05) is 18.4 Å². The van der Waals surface area contributed by atoms with Crippen molar-refractivity contribution in [3.63, 3.8) is 0 Å². The highest BCUT2D eigenvalue weighted by Crippen LogP contribution is 2.11. The quantitative estimate of drug-likeness (QED) is 0.886. The molecule has 2 aromatic rings. The number of anilines is 1. The molecule has 6 heteroatoms. The first-order valence-electron chi connectivity index (χ1n) is 7.41. The number of hydrogen-bond donors (Lipinski definition) is 1. The number of hydrogen-bond acceptors (Lipinski definition) is 5. The molecule has 0 atom stereocenters. The van der Waals surface area contributed by atoms with Crippen molar-refractivity contribution in [3.05, 3.63) is 47.7 Å². The summed E-state index contributed by atoms with van der Waals surface area (Å²) in [4.78, 5) is 26.8. The van der Waals surface area contributed by atoms with Crippen molar-refractivity contribution in [1.29, 1.82) is 0 Å². The fourth-order valence-electron chi connectivity index (χ4n) is 2.14. The van der Waals surface area contributed by atoms with Crippen LogP contribution in [0.1, 0.15) is 35.7 Å². The Hall–Kier alpha value is -2.50. The summed E-state index contributed by atoms with van der Waals surface area (Å²) in [5.41, 5.74) is 1.47. The Morgan fingerprint density at radius 1 is 1.27 bits per heavy atom. The molecule has 2 rings (SSSR count). The van der Waals surface area contributed by atoms with Gasteiger partial charge in [-0.05, 0) is 32.4 Å². The van der Waals surface area contributed by atoms with Crippen molar-refractivity contribution in [2.24, 2.45) is 0 Å². The molecule has 0 bridgehead atoms. The Morgan fingerprint density at radius 3 is 2.68 bits per heavy atom. The van der Waals surface area contributed by atoms with Crippen LogP contribution in [0.3, 0.4) is 0 Å². The summed E-state index contributed by atoms with van der Waals surface area (Å²) in [6.45, 7) is 7.62. The summed E-state index contributed by atoms with van der Waals surface area (Å²) in [5.74, 6) is 1.15. The largest absolute Gasteiger partial charge is 0.366 e.